The second-order valence-electron chi connectivity index (χ2n) is 4.93. The van der Waals surface area contributed by atoms with Crippen LogP contribution in [0.4, 0.5) is 11.5 Å². The number of hydrogen-bond acceptors (Lipinski definition) is 3. The zero-order chi connectivity index (χ0) is 13.8. The van der Waals surface area contributed by atoms with E-state index in [-0.39, 0.29) is 6.04 Å². The Labute approximate surface area is 118 Å². The molecule has 20 heavy (non-hydrogen) atoms. The van der Waals surface area contributed by atoms with Crippen LogP contribution in [0.1, 0.15) is 24.4 Å². The fraction of sp³-hybridized carbons (Fsp3) is 0.250. The molecule has 0 unspecified atom stereocenters. The van der Waals surface area contributed by atoms with Gasteiger partial charge in [-0.3, -0.25) is 4.79 Å². The minimum absolute atomic E-state index is 0.132. The highest BCUT2D eigenvalue weighted by atomic mass is 16.1. The number of carbonyl (C=O) groups excluding carboxylic acids is 1. The molecule has 4 nitrogen and oxygen atoms in total. The smallest absolute Gasteiger partial charge is 0.210 e. The molecule has 0 spiro atoms. The molecule has 1 aliphatic heterocycles. The first-order valence-electron chi connectivity index (χ1n) is 6.86. The van der Waals surface area contributed by atoms with E-state index in [2.05, 4.69) is 10.3 Å². The lowest BCUT2D eigenvalue weighted by atomic mass is 10.1. The standard InChI is InChI=1S/C16H17N3O/c20-12-19-11-5-9-15(19)14-8-4-10-17-16(14)18-13-6-2-1-3-7-13/h1-4,6-8,10,12,15H,5,9,11H2,(H,17,18)/t15-/m0/s1. The molecule has 102 valence electrons. The van der Waals surface area contributed by atoms with Gasteiger partial charge in [-0.15, -0.1) is 0 Å². The predicted octanol–water partition coefficient (Wildman–Crippen LogP) is 3.12. The number of nitrogens with one attached hydrogen (secondary N) is 1. The van der Waals surface area contributed by atoms with Crippen LogP contribution in [0.15, 0.2) is 48.7 Å². The fourth-order valence-electron chi connectivity index (χ4n) is 2.70. The number of aromatic nitrogens is 1. The van der Waals surface area contributed by atoms with Crippen molar-refractivity contribution in [2.45, 2.75) is 18.9 Å². The maximum atomic E-state index is 11.1. The van der Waals surface area contributed by atoms with Crippen LogP contribution in [-0.2, 0) is 4.79 Å². The van der Waals surface area contributed by atoms with Gasteiger partial charge in [0.15, 0.2) is 0 Å². The van der Waals surface area contributed by atoms with Gasteiger partial charge in [0, 0.05) is 24.0 Å². The molecule has 1 fully saturated rings. The summed E-state index contributed by atoms with van der Waals surface area (Å²) in [4.78, 5) is 17.4. The van der Waals surface area contributed by atoms with Gasteiger partial charge in [0.2, 0.25) is 6.41 Å². The number of rotatable bonds is 4. The highest BCUT2D eigenvalue weighted by Gasteiger charge is 2.26. The molecule has 1 aromatic heterocycles. The molecule has 4 heteroatoms. The lowest BCUT2D eigenvalue weighted by Crippen LogP contribution is -2.22. The molecule has 1 aromatic carbocycles. The van der Waals surface area contributed by atoms with Crippen molar-refractivity contribution in [2.75, 3.05) is 11.9 Å². The molecule has 2 heterocycles. The summed E-state index contributed by atoms with van der Waals surface area (Å²) in [7, 11) is 0. The average molecular weight is 267 g/mol. The van der Waals surface area contributed by atoms with Gasteiger partial charge in [-0.1, -0.05) is 24.3 Å². The summed E-state index contributed by atoms with van der Waals surface area (Å²) >= 11 is 0. The van der Waals surface area contributed by atoms with E-state index in [1.54, 1.807) is 6.20 Å². The fourth-order valence-corrected chi connectivity index (χ4v) is 2.70. The Morgan fingerprint density at radius 3 is 2.85 bits per heavy atom. The SMILES string of the molecule is O=CN1CCC[C@H]1c1cccnc1Nc1ccccc1. The van der Waals surface area contributed by atoms with E-state index >= 15 is 0 Å². The summed E-state index contributed by atoms with van der Waals surface area (Å²) in [5.74, 6) is 0.831. The molecule has 1 aliphatic rings. The van der Waals surface area contributed by atoms with Crippen molar-refractivity contribution in [1.29, 1.82) is 0 Å². The van der Waals surface area contributed by atoms with Gasteiger partial charge in [-0.05, 0) is 31.0 Å². The van der Waals surface area contributed by atoms with Crippen molar-refractivity contribution in [3.63, 3.8) is 0 Å². The van der Waals surface area contributed by atoms with Crippen LogP contribution >= 0.6 is 0 Å². The second-order valence-corrected chi connectivity index (χ2v) is 4.93. The number of benzene rings is 1. The van der Waals surface area contributed by atoms with E-state index in [0.29, 0.717) is 0 Å². The Balaban J connectivity index is 1.90. The summed E-state index contributed by atoms with van der Waals surface area (Å²) in [5.41, 5.74) is 2.09. The van der Waals surface area contributed by atoms with E-state index in [9.17, 15) is 4.79 Å². The maximum Gasteiger partial charge on any atom is 0.210 e. The van der Waals surface area contributed by atoms with E-state index in [4.69, 9.17) is 0 Å². The van der Waals surface area contributed by atoms with Crippen molar-refractivity contribution >= 4 is 17.9 Å². The van der Waals surface area contributed by atoms with Crippen molar-refractivity contribution in [2.24, 2.45) is 0 Å². The van der Waals surface area contributed by atoms with Crippen LogP contribution < -0.4 is 5.32 Å². The van der Waals surface area contributed by atoms with Crippen molar-refractivity contribution in [3.8, 4) is 0 Å². The Kier molecular flexibility index (Phi) is 3.63. The molecule has 1 saturated heterocycles. The summed E-state index contributed by atoms with van der Waals surface area (Å²) in [6, 6.07) is 14.1. The first-order chi connectivity index (χ1) is 9.88. The number of anilines is 2. The van der Waals surface area contributed by atoms with Crippen molar-refractivity contribution in [1.82, 2.24) is 9.88 Å². The van der Waals surface area contributed by atoms with Gasteiger partial charge in [0.25, 0.3) is 0 Å². The molecule has 2 aromatic rings. The topological polar surface area (TPSA) is 45.2 Å². The molecule has 3 rings (SSSR count). The molecular formula is C16H17N3O. The van der Waals surface area contributed by atoms with E-state index < -0.39 is 0 Å². The van der Waals surface area contributed by atoms with Crippen LogP contribution in [0.5, 0.6) is 0 Å². The lowest BCUT2D eigenvalue weighted by Gasteiger charge is -2.22. The first kappa shape index (κ1) is 12.7. The second kappa shape index (κ2) is 5.74. The van der Waals surface area contributed by atoms with Gasteiger partial charge in [-0.25, -0.2) is 4.98 Å². The normalized spacial score (nSPS) is 18.0. The van der Waals surface area contributed by atoms with Crippen molar-refractivity contribution in [3.05, 3.63) is 54.2 Å². The molecule has 0 aliphatic carbocycles. The Hall–Kier alpha value is -2.36. The van der Waals surface area contributed by atoms with Gasteiger partial charge in [0.05, 0.1) is 6.04 Å². The van der Waals surface area contributed by atoms with E-state index in [0.717, 1.165) is 42.9 Å². The van der Waals surface area contributed by atoms with Crippen molar-refractivity contribution < 1.29 is 4.79 Å². The molecule has 0 radical (unpaired) electrons. The highest BCUT2D eigenvalue weighted by molar-refractivity contribution is 5.61. The number of carbonyl (C=O) groups is 1. The van der Waals surface area contributed by atoms with Gasteiger partial charge < -0.3 is 10.2 Å². The number of likely N-dealkylation sites (tertiary alicyclic amines) is 1. The third kappa shape index (κ3) is 2.50. The number of nitrogens with zero attached hydrogens (tertiary/aromatic N) is 2. The minimum atomic E-state index is 0.132. The zero-order valence-electron chi connectivity index (χ0n) is 11.2. The Morgan fingerprint density at radius 1 is 1.20 bits per heavy atom. The largest absolute Gasteiger partial charge is 0.340 e. The average Bonchev–Trinajstić information content (AvgIpc) is 2.97. The Morgan fingerprint density at radius 2 is 2.05 bits per heavy atom. The number of amides is 1. The number of pyridine rings is 1. The van der Waals surface area contributed by atoms with Crippen LogP contribution in [0, 0.1) is 0 Å². The summed E-state index contributed by atoms with van der Waals surface area (Å²) in [6.07, 6.45) is 4.75. The molecule has 0 bridgehead atoms. The molecule has 1 atom stereocenters. The number of para-hydroxylation sites is 1. The summed E-state index contributed by atoms with van der Waals surface area (Å²) in [6.45, 7) is 0.827. The quantitative estimate of drug-likeness (QED) is 0.866. The van der Waals surface area contributed by atoms with E-state index in [1.807, 2.05) is 47.4 Å². The molecule has 1 amide bonds. The number of hydrogen-bond donors (Lipinski definition) is 1. The van der Waals surface area contributed by atoms with Gasteiger partial charge >= 0.3 is 0 Å². The minimum Gasteiger partial charge on any atom is -0.340 e. The predicted molar refractivity (Wildman–Crippen MR) is 78.7 cm³/mol. The van der Waals surface area contributed by atoms with Crippen LogP contribution in [0.25, 0.3) is 0 Å². The highest BCUT2D eigenvalue weighted by Crippen LogP contribution is 2.34. The molecular weight excluding hydrogens is 250 g/mol. The van der Waals surface area contributed by atoms with Crippen LogP contribution in [0.3, 0.4) is 0 Å². The van der Waals surface area contributed by atoms with E-state index in [1.165, 1.54) is 0 Å². The van der Waals surface area contributed by atoms with Crippen LogP contribution in [-0.4, -0.2) is 22.8 Å². The molecule has 1 N–H and O–H groups in total. The summed E-state index contributed by atoms with van der Waals surface area (Å²) in [5, 5.41) is 3.34. The third-order valence-corrected chi connectivity index (χ3v) is 3.66. The Bertz CT molecular complexity index is 585. The van der Waals surface area contributed by atoms with Gasteiger partial charge in [-0.2, -0.15) is 0 Å². The third-order valence-electron chi connectivity index (χ3n) is 3.66. The first-order valence-corrected chi connectivity index (χ1v) is 6.86. The monoisotopic (exact) mass is 267 g/mol. The molecule has 0 saturated carbocycles. The van der Waals surface area contributed by atoms with Gasteiger partial charge in [0.1, 0.15) is 5.82 Å². The maximum absolute atomic E-state index is 11.1. The van der Waals surface area contributed by atoms with Crippen LogP contribution in [0.2, 0.25) is 0 Å². The lowest BCUT2D eigenvalue weighted by molar-refractivity contribution is -0.118. The zero-order valence-corrected chi connectivity index (χ0v) is 11.2. The summed E-state index contributed by atoms with van der Waals surface area (Å²) < 4.78 is 0.